The van der Waals surface area contributed by atoms with Gasteiger partial charge in [-0.15, -0.1) is 0 Å². The predicted octanol–water partition coefficient (Wildman–Crippen LogP) is 4.32. The molecular formula is C21H28O5. The first kappa shape index (κ1) is 20.0. The van der Waals surface area contributed by atoms with Crippen molar-refractivity contribution in [3.05, 3.63) is 46.8 Å². The van der Waals surface area contributed by atoms with Gasteiger partial charge in [0.2, 0.25) is 0 Å². The number of rotatable bonds is 1. The first-order valence-electron chi connectivity index (χ1n) is 9.11. The third-order valence-electron chi connectivity index (χ3n) is 5.00. The number of allylic oxidation sites excluding steroid dienone is 4. The van der Waals surface area contributed by atoms with Crippen molar-refractivity contribution >= 4 is 11.9 Å². The molecule has 0 unspecified atom stereocenters. The van der Waals surface area contributed by atoms with E-state index in [0.717, 1.165) is 43.9 Å². The van der Waals surface area contributed by atoms with Crippen molar-refractivity contribution in [2.75, 3.05) is 7.11 Å². The van der Waals surface area contributed by atoms with Gasteiger partial charge in [0, 0.05) is 11.5 Å². The highest BCUT2D eigenvalue weighted by atomic mass is 16.6. The third-order valence-corrected chi connectivity index (χ3v) is 5.00. The van der Waals surface area contributed by atoms with E-state index in [1.54, 1.807) is 0 Å². The molecule has 1 saturated heterocycles. The highest BCUT2D eigenvalue weighted by molar-refractivity contribution is 5.91. The van der Waals surface area contributed by atoms with Crippen LogP contribution in [0, 0.1) is 5.92 Å². The third kappa shape index (κ3) is 5.10. The molecule has 0 bridgehead atoms. The summed E-state index contributed by atoms with van der Waals surface area (Å²) in [7, 11) is 1.40. The quantitative estimate of drug-likeness (QED) is 0.326. The van der Waals surface area contributed by atoms with Crippen LogP contribution in [0.25, 0.3) is 0 Å². The zero-order valence-electron chi connectivity index (χ0n) is 15.8. The molecule has 1 heterocycles. The monoisotopic (exact) mass is 360 g/mol. The van der Waals surface area contributed by atoms with Crippen LogP contribution in [-0.4, -0.2) is 30.3 Å². The smallest absolute Gasteiger partial charge is 0.338 e. The zero-order chi connectivity index (χ0) is 19.1. The molecule has 1 fully saturated rings. The van der Waals surface area contributed by atoms with Gasteiger partial charge in [-0.05, 0) is 58.4 Å². The van der Waals surface area contributed by atoms with E-state index >= 15 is 0 Å². The lowest BCUT2D eigenvalue weighted by molar-refractivity contribution is -0.138. The van der Waals surface area contributed by atoms with Gasteiger partial charge >= 0.3 is 11.9 Å². The van der Waals surface area contributed by atoms with E-state index in [-0.39, 0.29) is 18.0 Å². The number of aliphatic hydroxyl groups excluding tert-OH is 1. The Hall–Kier alpha value is -2.30. The Morgan fingerprint density at radius 3 is 2.62 bits per heavy atom. The number of carbonyl (C=O) groups is 2. The molecule has 2 atom stereocenters. The SMILES string of the molecule is COC(=O)/C1=C\CC/C(C)=C/[C@H]2OC(=O)/C(=C\O)[C@@H]2CC/C(C)=C/CC1. The van der Waals surface area contributed by atoms with E-state index in [9.17, 15) is 14.7 Å². The number of ether oxygens (including phenoxy) is 2. The van der Waals surface area contributed by atoms with E-state index in [1.165, 1.54) is 12.7 Å². The van der Waals surface area contributed by atoms with Crippen LogP contribution in [0.5, 0.6) is 0 Å². The van der Waals surface area contributed by atoms with Crippen molar-refractivity contribution in [1.82, 2.24) is 0 Å². The van der Waals surface area contributed by atoms with Crippen molar-refractivity contribution in [2.24, 2.45) is 5.92 Å². The molecule has 2 rings (SSSR count). The molecule has 2 aliphatic rings. The number of esters is 2. The fourth-order valence-corrected chi connectivity index (χ4v) is 3.44. The normalized spacial score (nSPS) is 32.8. The molecule has 0 aromatic heterocycles. The Morgan fingerprint density at radius 1 is 1.19 bits per heavy atom. The molecule has 142 valence electrons. The Labute approximate surface area is 155 Å². The van der Waals surface area contributed by atoms with Crippen molar-refractivity contribution in [3.8, 4) is 0 Å². The molecule has 1 aliphatic heterocycles. The summed E-state index contributed by atoms with van der Waals surface area (Å²) in [6.45, 7) is 4.04. The van der Waals surface area contributed by atoms with E-state index in [0.29, 0.717) is 17.6 Å². The van der Waals surface area contributed by atoms with Gasteiger partial charge in [0.05, 0.1) is 18.9 Å². The maximum absolute atomic E-state index is 12.0. The molecule has 1 aliphatic carbocycles. The Morgan fingerprint density at radius 2 is 1.92 bits per heavy atom. The van der Waals surface area contributed by atoms with E-state index in [2.05, 4.69) is 6.08 Å². The lowest BCUT2D eigenvalue weighted by Gasteiger charge is -2.16. The Balaban J connectivity index is 2.26. The van der Waals surface area contributed by atoms with Gasteiger partial charge in [-0.2, -0.15) is 0 Å². The number of carbonyl (C=O) groups excluding carboxylic acids is 2. The molecule has 1 N–H and O–H groups in total. The van der Waals surface area contributed by atoms with Crippen molar-refractivity contribution in [3.63, 3.8) is 0 Å². The Bertz CT molecular complexity index is 666. The molecule has 5 heteroatoms. The average molecular weight is 360 g/mol. The van der Waals surface area contributed by atoms with Crippen molar-refractivity contribution in [1.29, 1.82) is 0 Å². The summed E-state index contributed by atoms with van der Waals surface area (Å²) in [6.07, 6.45) is 11.0. The van der Waals surface area contributed by atoms with Gasteiger partial charge in [-0.1, -0.05) is 23.3 Å². The summed E-state index contributed by atoms with van der Waals surface area (Å²) < 4.78 is 10.3. The van der Waals surface area contributed by atoms with Crippen LogP contribution in [0.3, 0.4) is 0 Å². The minimum absolute atomic E-state index is 0.130. The summed E-state index contributed by atoms with van der Waals surface area (Å²) in [4.78, 5) is 23.9. The lowest BCUT2D eigenvalue weighted by atomic mass is 9.88. The summed E-state index contributed by atoms with van der Waals surface area (Å²) in [6, 6.07) is 0. The van der Waals surface area contributed by atoms with Gasteiger partial charge in [0.15, 0.2) is 0 Å². The minimum atomic E-state index is -0.439. The maximum Gasteiger partial charge on any atom is 0.338 e. The molecule has 26 heavy (non-hydrogen) atoms. The highest BCUT2D eigenvalue weighted by Gasteiger charge is 2.38. The number of hydrogen-bond donors (Lipinski definition) is 1. The summed E-state index contributed by atoms with van der Waals surface area (Å²) in [5.41, 5.74) is 3.35. The van der Waals surface area contributed by atoms with Crippen LogP contribution in [0.15, 0.2) is 46.8 Å². The largest absolute Gasteiger partial charge is 0.515 e. The average Bonchev–Trinajstić information content (AvgIpc) is 2.91. The molecule has 0 aromatic rings. The minimum Gasteiger partial charge on any atom is -0.515 e. The number of methoxy groups -OCH3 is 1. The van der Waals surface area contributed by atoms with Crippen LogP contribution < -0.4 is 0 Å². The van der Waals surface area contributed by atoms with Gasteiger partial charge in [-0.25, -0.2) is 9.59 Å². The number of aliphatic hydroxyl groups is 1. The van der Waals surface area contributed by atoms with Gasteiger partial charge in [0.25, 0.3) is 0 Å². The van der Waals surface area contributed by atoms with Crippen LogP contribution in [0.2, 0.25) is 0 Å². The number of fused-ring (bicyclic) bond motifs is 1. The zero-order valence-corrected chi connectivity index (χ0v) is 15.8. The number of hydrogen-bond acceptors (Lipinski definition) is 5. The first-order valence-corrected chi connectivity index (χ1v) is 9.11. The molecule has 5 nitrogen and oxygen atoms in total. The van der Waals surface area contributed by atoms with Crippen molar-refractivity contribution in [2.45, 2.75) is 58.5 Å². The second-order valence-electron chi connectivity index (χ2n) is 6.96. The molecule has 0 saturated carbocycles. The lowest BCUT2D eigenvalue weighted by Crippen LogP contribution is -2.15. The second-order valence-corrected chi connectivity index (χ2v) is 6.96. The summed E-state index contributed by atoms with van der Waals surface area (Å²) in [5.74, 6) is -0.840. The topological polar surface area (TPSA) is 72.8 Å². The van der Waals surface area contributed by atoms with Gasteiger partial charge < -0.3 is 14.6 Å². The standard InChI is InChI=1S/C21H28O5/c1-14-6-4-8-16(20(23)25-3)9-5-7-15(2)12-19-17(11-10-14)18(13-22)21(24)26-19/h6,9,12-13,17,19,22H,4-5,7-8,10-11H2,1-3H3/b14-6+,15-12+,16-9-,18-13-/t17-,19+/m0/s1. The summed E-state index contributed by atoms with van der Waals surface area (Å²) >= 11 is 0. The molecule has 0 radical (unpaired) electrons. The van der Waals surface area contributed by atoms with Crippen LogP contribution >= 0.6 is 0 Å². The van der Waals surface area contributed by atoms with E-state index < -0.39 is 5.97 Å². The van der Waals surface area contributed by atoms with Crippen molar-refractivity contribution < 1.29 is 24.2 Å². The fourth-order valence-electron chi connectivity index (χ4n) is 3.44. The van der Waals surface area contributed by atoms with Crippen LogP contribution in [-0.2, 0) is 19.1 Å². The maximum atomic E-state index is 12.0. The molecule has 0 amide bonds. The highest BCUT2D eigenvalue weighted by Crippen LogP contribution is 2.34. The molecule has 0 aromatic carbocycles. The van der Waals surface area contributed by atoms with Crippen LogP contribution in [0.4, 0.5) is 0 Å². The van der Waals surface area contributed by atoms with Crippen LogP contribution in [0.1, 0.15) is 52.4 Å². The second kappa shape index (κ2) is 9.41. The van der Waals surface area contributed by atoms with E-state index in [4.69, 9.17) is 9.47 Å². The molecule has 0 spiro atoms. The first-order chi connectivity index (χ1) is 12.5. The van der Waals surface area contributed by atoms with E-state index in [1.807, 2.05) is 26.0 Å². The fraction of sp³-hybridized carbons (Fsp3) is 0.524. The molecular weight excluding hydrogens is 332 g/mol. The van der Waals surface area contributed by atoms with Gasteiger partial charge in [-0.3, -0.25) is 0 Å². The Kier molecular flexibility index (Phi) is 7.25. The van der Waals surface area contributed by atoms with Gasteiger partial charge in [0.1, 0.15) is 6.10 Å². The predicted molar refractivity (Wildman–Crippen MR) is 99.4 cm³/mol. The summed E-state index contributed by atoms with van der Waals surface area (Å²) in [5, 5.41) is 9.43.